The minimum atomic E-state index is -0.970. The number of rotatable bonds is 15. The summed E-state index contributed by atoms with van der Waals surface area (Å²) in [5.41, 5.74) is 0. The summed E-state index contributed by atoms with van der Waals surface area (Å²) in [7, 11) is 0. The van der Waals surface area contributed by atoms with Crippen LogP contribution in [0.5, 0.6) is 0 Å². The van der Waals surface area contributed by atoms with Crippen LogP contribution in [0.4, 0.5) is 0 Å². The van der Waals surface area contributed by atoms with Gasteiger partial charge in [0.15, 0.2) is 0 Å². The first-order chi connectivity index (χ1) is 9.72. The molecule has 0 aromatic carbocycles. The summed E-state index contributed by atoms with van der Waals surface area (Å²) in [5, 5.41) is 27.4. The molecule has 2 atom stereocenters. The zero-order chi connectivity index (χ0) is 15.1. The highest BCUT2D eigenvalue weighted by atomic mass is 16.4. The van der Waals surface area contributed by atoms with Crippen molar-refractivity contribution in [2.75, 3.05) is 6.61 Å². The van der Waals surface area contributed by atoms with E-state index in [0.717, 1.165) is 12.8 Å². The normalized spacial score (nSPS) is 14.4. The summed E-state index contributed by atoms with van der Waals surface area (Å²) in [4.78, 5) is 0. The van der Waals surface area contributed by atoms with Crippen LogP contribution in [-0.2, 0) is 0 Å². The van der Waals surface area contributed by atoms with Crippen molar-refractivity contribution in [2.45, 2.75) is 103 Å². The van der Waals surface area contributed by atoms with Gasteiger partial charge in [0.1, 0.15) is 6.10 Å². The second-order valence-corrected chi connectivity index (χ2v) is 6.00. The maximum atomic E-state index is 9.47. The lowest BCUT2D eigenvalue weighted by atomic mass is 10.0. The summed E-state index contributed by atoms with van der Waals surface area (Å²) >= 11 is 0. The van der Waals surface area contributed by atoms with Gasteiger partial charge in [-0.2, -0.15) is 0 Å². The molecule has 20 heavy (non-hydrogen) atoms. The van der Waals surface area contributed by atoms with Crippen LogP contribution in [0.2, 0.25) is 0 Å². The van der Waals surface area contributed by atoms with E-state index in [2.05, 4.69) is 6.92 Å². The molecule has 0 aliphatic rings. The molecule has 122 valence electrons. The Hall–Kier alpha value is -0.120. The summed E-state index contributed by atoms with van der Waals surface area (Å²) < 4.78 is 0. The Morgan fingerprint density at radius 3 is 1.40 bits per heavy atom. The Labute approximate surface area is 125 Å². The summed E-state index contributed by atoms with van der Waals surface area (Å²) in [6.07, 6.45) is 14.4. The first-order valence-corrected chi connectivity index (χ1v) is 8.69. The molecule has 3 nitrogen and oxygen atoms in total. The smallest absolute Gasteiger partial charge is 0.103 e. The second kappa shape index (κ2) is 15.3. The SMILES string of the molecule is CCCCCCCCCCCCCCC(O)C(O)CO. The third kappa shape index (κ3) is 12.9. The van der Waals surface area contributed by atoms with Crippen molar-refractivity contribution in [3.8, 4) is 0 Å². The van der Waals surface area contributed by atoms with E-state index in [-0.39, 0.29) is 6.61 Å². The molecule has 0 aromatic heterocycles. The van der Waals surface area contributed by atoms with Crippen molar-refractivity contribution in [1.82, 2.24) is 0 Å². The molecular formula is C17H36O3. The van der Waals surface area contributed by atoms with E-state index < -0.39 is 12.2 Å². The van der Waals surface area contributed by atoms with Crippen LogP contribution in [0.15, 0.2) is 0 Å². The molecule has 0 amide bonds. The van der Waals surface area contributed by atoms with E-state index in [9.17, 15) is 10.2 Å². The van der Waals surface area contributed by atoms with Crippen LogP contribution in [0.1, 0.15) is 90.4 Å². The Balaban J connectivity index is 3.10. The monoisotopic (exact) mass is 288 g/mol. The molecule has 0 saturated carbocycles. The highest BCUT2D eigenvalue weighted by molar-refractivity contribution is 4.65. The number of hydrogen-bond acceptors (Lipinski definition) is 3. The van der Waals surface area contributed by atoms with E-state index in [1.54, 1.807) is 0 Å². The van der Waals surface area contributed by atoms with Crippen molar-refractivity contribution in [2.24, 2.45) is 0 Å². The maximum absolute atomic E-state index is 9.47. The van der Waals surface area contributed by atoms with Crippen LogP contribution >= 0.6 is 0 Å². The lowest BCUT2D eigenvalue weighted by Gasteiger charge is -2.14. The van der Waals surface area contributed by atoms with E-state index in [4.69, 9.17) is 5.11 Å². The van der Waals surface area contributed by atoms with Gasteiger partial charge < -0.3 is 15.3 Å². The highest BCUT2D eigenvalue weighted by Gasteiger charge is 2.13. The van der Waals surface area contributed by atoms with Gasteiger partial charge in [-0.3, -0.25) is 0 Å². The number of hydrogen-bond donors (Lipinski definition) is 3. The van der Waals surface area contributed by atoms with Crippen molar-refractivity contribution in [3.63, 3.8) is 0 Å². The Morgan fingerprint density at radius 2 is 1.00 bits per heavy atom. The van der Waals surface area contributed by atoms with Crippen molar-refractivity contribution in [3.05, 3.63) is 0 Å². The first-order valence-electron chi connectivity index (χ1n) is 8.69. The highest BCUT2D eigenvalue weighted by Crippen LogP contribution is 2.13. The predicted molar refractivity (Wildman–Crippen MR) is 84.8 cm³/mol. The molecule has 0 saturated heterocycles. The number of aliphatic hydroxyl groups is 3. The van der Waals surface area contributed by atoms with Crippen LogP contribution in [0.3, 0.4) is 0 Å². The molecule has 3 heteroatoms. The lowest BCUT2D eigenvalue weighted by Crippen LogP contribution is -2.28. The van der Waals surface area contributed by atoms with Gasteiger partial charge in [-0.1, -0.05) is 84.0 Å². The second-order valence-electron chi connectivity index (χ2n) is 6.00. The van der Waals surface area contributed by atoms with Gasteiger partial charge in [0.25, 0.3) is 0 Å². The fourth-order valence-electron chi connectivity index (χ4n) is 2.51. The molecule has 0 rings (SSSR count). The largest absolute Gasteiger partial charge is 0.394 e. The van der Waals surface area contributed by atoms with Gasteiger partial charge in [-0.15, -0.1) is 0 Å². The van der Waals surface area contributed by atoms with Gasteiger partial charge in [0.05, 0.1) is 12.7 Å². The predicted octanol–water partition coefficient (Wildman–Crippen LogP) is 3.79. The molecule has 3 N–H and O–H groups in total. The summed E-state index contributed by atoms with van der Waals surface area (Å²) in [5.74, 6) is 0. The van der Waals surface area contributed by atoms with Crippen LogP contribution in [0.25, 0.3) is 0 Å². The van der Waals surface area contributed by atoms with Crippen molar-refractivity contribution in [1.29, 1.82) is 0 Å². The van der Waals surface area contributed by atoms with Crippen molar-refractivity contribution < 1.29 is 15.3 Å². The average molecular weight is 288 g/mol. The summed E-state index contributed by atoms with van der Waals surface area (Å²) in [6.45, 7) is 1.91. The zero-order valence-corrected chi connectivity index (χ0v) is 13.4. The van der Waals surface area contributed by atoms with E-state index in [0.29, 0.717) is 6.42 Å². The Bertz CT molecular complexity index is 185. The topological polar surface area (TPSA) is 60.7 Å². The average Bonchev–Trinajstić information content (AvgIpc) is 2.47. The number of aliphatic hydroxyl groups excluding tert-OH is 3. The Kier molecular flexibility index (Phi) is 15.2. The maximum Gasteiger partial charge on any atom is 0.103 e. The standard InChI is InChI=1S/C17H36O3/c1-2-3-4-5-6-7-8-9-10-11-12-13-14-16(19)17(20)15-18/h16-20H,2-15H2,1H3. The molecule has 0 fully saturated rings. The molecule has 0 aliphatic carbocycles. The van der Waals surface area contributed by atoms with Crippen LogP contribution in [0, 0.1) is 0 Å². The van der Waals surface area contributed by atoms with Gasteiger partial charge >= 0.3 is 0 Å². The van der Waals surface area contributed by atoms with Gasteiger partial charge in [0.2, 0.25) is 0 Å². The molecular weight excluding hydrogens is 252 g/mol. The van der Waals surface area contributed by atoms with Crippen molar-refractivity contribution >= 4 is 0 Å². The van der Waals surface area contributed by atoms with Gasteiger partial charge in [0, 0.05) is 0 Å². The minimum absolute atomic E-state index is 0.348. The molecule has 0 bridgehead atoms. The molecule has 0 heterocycles. The van der Waals surface area contributed by atoms with E-state index >= 15 is 0 Å². The Morgan fingerprint density at radius 1 is 0.600 bits per heavy atom. The third-order valence-corrected chi connectivity index (χ3v) is 3.98. The number of unbranched alkanes of at least 4 members (excludes halogenated alkanes) is 11. The minimum Gasteiger partial charge on any atom is -0.394 e. The molecule has 0 aliphatic heterocycles. The third-order valence-electron chi connectivity index (χ3n) is 3.98. The van der Waals surface area contributed by atoms with Gasteiger partial charge in [-0.05, 0) is 6.42 Å². The van der Waals surface area contributed by atoms with Gasteiger partial charge in [-0.25, -0.2) is 0 Å². The first kappa shape index (κ1) is 19.9. The molecule has 0 spiro atoms. The van der Waals surface area contributed by atoms with E-state index in [1.807, 2.05) is 0 Å². The molecule has 0 radical (unpaired) electrons. The van der Waals surface area contributed by atoms with Crippen LogP contribution in [-0.4, -0.2) is 34.1 Å². The fraction of sp³-hybridized carbons (Fsp3) is 1.00. The van der Waals surface area contributed by atoms with E-state index in [1.165, 1.54) is 64.2 Å². The molecule has 0 aromatic rings. The fourth-order valence-corrected chi connectivity index (χ4v) is 2.51. The quantitative estimate of drug-likeness (QED) is 0.402. The zero-order valence-electron chi connectivity index (χ0n) is 13.4. The summed E-state index contributed by atoms with van der Waals surface area (Å²) in [6, 6.07) is 0. The molecule has 2 unspecified atom stereocenters. The lowest BCUT2D eigenvalue weighted by molar-refractivity contribution is -0.0185. The van der Waals surface area contributed by atoms with Crippen LogP contribution < -0.4 is 0 Å².